The molecule has 0 radical (unpaired) electrons. The van der Waals surface area contributed by atoms with Crippen LogP contribution in [0.15, 0.2) is 61.1 Å². The number of piperazine rings is 1. The molecule has 2 aromatic carbocycles. The Morgan fingerprint density at radius 3 is 2.33 bits per heavy atom. The van der Waals surface area contributed by atoms with E-state index in [1.54, 1.807) is 12.4 Å². The summed E-state index contributed by atoms with van der Waals surface area (Å²) in [6, 6.07) is 16.0. The summed E-state index contributed by atoms with van der Waals surface area (Å²) >= 11 is 12.4. The van der Waals surface area contributed by atoms with Gasteiger partial charge in [-0.3, -0.25) is 4.90 Å². The summed E-state index contributed by atoms with van der Waals surface area (Å²) in [4.78, 5) is 13.8. The van der Waals surface area contributed by atoms with E-state index in [1.165, 1.54) is 5.56 Å². The third kappa shape index (κ3) is 5.70. The molecule has 0 amide bonds. The first kappa shape index (κ1) is 25.5. The first-order valence-corrected chi connectivity index (χ1v) is 11.0. The molecule has 6 nitrogen and oxygen atoms in total. The lowest BCUT2D eigenvalue weighted by Gasteiger charge is -2.35. The Balaban J connectivity index is 0.00000153. The van der Waals surface area contributed by atoms with E-state index in [0.717, 1.165) is 60.2 Å². The van der Waals surface area contributed by atoms with Gasteiger partial charge in [0.25, 0.3) is 0 Å². The summed E-state index contributed by atoms with van der Waals surface area (Å²) in [5, 5.41) is 6.96. The van der Waals surface area contributed by atoms with Gasteiger partial charge in [-0.2, -0.15) is 5.10 Å². The fourth-order valence-electron chi connectivity index (χ4n) is 4.01. The van der Waals surface area contributed by atoms with Gasteiger partial charge < -0.3 is 4.90 Å². The molecule has 3 heterocycles. The molecule has 0 bridgehead atoms. The lowest BCUT2D eigenvalue weighted by Crippen LogP contribution is -2.46. The molecular weight excluding hydrogens is 502 g/mol. The monoisotopic (exact) mass is 524 g/mol. The number of halogens is 4. The summed E-state index contributed by atoms with van der Waals surface area (Å²) in [5.41, 5.74) is 3.16. The minimum atomic E-state index is 0. The number of nitrogens with zero attached hydrogens (tertiary/aromatic N) is 6. The summed E-state index contributed by atoms with van der Waals surface area (Å²) in [6.07, 6.45) is 3.52. The number of anilines is 1. The largest absolute Gasteiger partial charge is 0.353 e. The van der Waals surface area contributed by atoms with Crippen LogP contribution in [0.5, 0.6) is 0 Å². The quantitative estimate of drug-likeness (QED) is 0.351. The van der Waals surface area contributed by atoms with Crippen molar-refractivity contribution in [3.63, 3.8) is 0 Å². The Kier molecular flexibility index (Phi) is 8.79. The molecule has 2 aromatic heterocycles. The predicted octanol–water partition coefficient (Wildman–Crippen LogP) is 5.35. The maximum Gasteiger partial charge on any atom is 0.163 e. The van der Waals surface area contributed by atoms with Crippen molar-refractivity contribution in [3.8, 4) is 0 Å². The average molecular weight is 526 g/mol. The average Bonchev–Trinajstić information content (AvgIpc) is 3.20. The highest BCUT2D eigenvalue weighted by molar-refractivity contribution is 6.35. The molecule has 0 saturated carbocycles. The second-order valence-corrected chi connectivity index (χ2v) is 8.56. The summed E-state index contributed by atoms with van der Waals surface area (Å²) in [7, 11) is 0. The van der Waals surface area contributed by atoms with Crippen LogP contribution in [0.1, 0.15) is 11.1 Å². The first-order valence-electron chi connectivity index (χ1n) is 10.3. The Morgan fingerprint density at radius 2 is 1.61 bits per heavy atom. The molecular formula is C23H24Cl4N6. The van der Waals surface area contributed by atoms with Gasteiger partial charge in [0, 0.05) is 42.8 Å². The molecule has 174 valence electrons. The second kappa shape index (κ2) is 11.4. The van der Waals surface area contributed by atoms with Gasteiger partial charge in [0.1, 0.15) is 12.1 Å². The molecule has 10 heteroatoms. The summed E-state index contributed by atoms with van der Waals surface area (Å²) < 4.78 is 1.94. The SMILES string of the molecule is Cl.Cl.Clc1ccc(CN2CCN(c3ncnc4c3cnn4Cc3ccccc3)CC2)c(Cl)c1. The molecule has 1 saturated heterocycles. The van der Waals surface area contributed by atoms with E-state index in [9.17, 15) is 0 Å². The first-order chi connectivity index (χ1) is 15.2. The van der Waals surface area contributed by atoms with Crippen LogP contribution < -0.4 is 4.90 Å². The van der Waals surface area contributed by atoms with Crippen molar-refractivity contribution in [1.29, 1.82) is 0 Å². The normalized spacial score (nSPS) is 14.1. The van der Waals surface area contributed by atoms with E-state index in [0.29, 0.717) is 11.6 Å². The lowest BCUT2D eigenvalue weighted by atomic mass is 10.2. The van der Waals surface area contributed by atoms with Crippen molar-refractivity contribution in [3.05, 3.63) is 82.2 Å². The van der Waals surface area contributed by atoms with E-state index in [1.807, 2.05) is 41.2 Å². The van der Waals surface area contributed by atoms with Crippen molar-refractivity contribution in [1.82, 2.24) is 24.6 Å². The third-order valence-corrected chi connectivity index (χ3v) is 6.26. The molecule has 4 aromatic rings. The van der Waals surface area contributed by atoms with Gasteiger partial charge in [-0.25, -0.2) is 14.6 Å². The van der Waals surface area contributed by atoms with E-state index in [-0.39, 0.29) is 24.8 Å². The zero-order chi connectivity index (χ0) is 21.2. The third-order valence-electron chi connectivity index (χ3n) is 5.67. The van der Waals surface area contributed by atoms with Crippen LogP contribution in [0.4, 0.5) is 5.82 Å². The van der Waals surface area contributed by atoms with Crippen LogP contribution in [0.3, 0.4) is 0 Å². The number of benzene rings is 2. The maximum atomic E-state index is 6.35. The number of aromatic nitrogens is 4. The van der Waals surface area contributed by atoms with E-state index in [2.05, 4.69) is 37.0 Å². The van der Waals surface area contributed by atoms with E-state index < -0.39 is 0 Å². The van der Waals surface area contributed by atoms with Crippen LogP contribution >= 0.6 is 48.0 Å². The highest BCUT2D eigenvalue weighted by atomic mass is 35.5. The Bertz CT molecular complexity index is 1190. The molecule has 1 aliphatic rings. The second-order valence-electron chi connectivity index (χ2n) is 7.72. The van der Waals surface area contributed by atoms with Crippen LogP contribution in [0, 0.1) is 0 Å². The molecule has 33 heavy (non-hydrogen) atoms. The van der Waals surface area contributed by atoms with Crippen LogP contribution in [-0.4, -0.2) is 50.8 Å². The van der Waals surface area contributed by atoms with E-state index >= 15 is 0 Å². The standard InChI is InChI=1S/C23H22Cl2N6.2ClH/c24-19-7-6-18(21(25)12-19)15-29-8-10-30(11-9-29)22-20-13-28-31(23(20)27-16-26-22)14-17-4-2-1-3-5-17;;/h1-7,12-13,16H,8-11,14-15H2;2*1H. The van der Waals surface area contributed by atoms with Gasteiger partial charge in [0.05, 0.1) is 18.1 Å². The van der Waals surface area contributed by atoms with Crippen molar-refractivity contribution in [2.45, 2.75) is 13.1 Å². The fourth-order valence-corrected chi connectivity index (χ4v) is 4.48. The van der Waals surface area contributed by atoms with Gasteiger partial charge in [-0.05, 0) is 23.3 Å². The molecule has 5 rings (SSSR count). The lowest BCUT2D eigenvalue weighted by molar-refractivity contribution is 0.249. The molecule has 1 aliphatic heterocycles. The molecule has 0 unspecified atom stereocenters. The van der Waals surface area contributed by atoms with E-state index in [4.69, 9.17) is 23.2 Å². The highest BCUT2D eigenvalue weighted by Crippen LogP contribution is 2.26. The van der Waals surface area contributed by atoms with Gasteiger partial charge in [0.2, 0.25) is 0 Å². The van der Waals surface area contributed by atoms with Crippen LogP contribution in [0.25, 0.3) is 11.0 Å². The highest BCUT2D eigenvalue weighted by Gasteiger charge is 2.22. The molecule has 0 aliphatic carbocycles. The van der Waals surface area contributed by atoms with Crippen molar-refractivity contribution in [2.24, 2.45) is 0 Å². The van der Waals surface area contributed by atoms with Gasteiger partial charge >= 0.3 is 0 Å². The molecule has 0 N–H and O–H groups in total. The minimum absolute atomic E-state index is 0. The number of hydrogen-bond donors (Lipinski definition) is 0. The summed E-state index contributed by atoms with van der Waals surface area (Å²) in [5.74, 6) is 0.952. The van der Waals surface area contributed by atoms with Gasteiger partial charge in [-0.1, -0.05) is 59.6 Å². The van der Waals surface area contributed by atoms with Gasteiger partial charge in [0.15, 0.2) is 5.65 Å². The zero-order valence-electron chi connectivity index (χ0n) is 17.8. The zero-order valence-corrected chi connectivity index (χ0v) is 20.9. The van der Waals surface area contributed by atoms with Crippen molar-refractivity contribution < 1.29 is 0 Å². The molecule has 0 spiro atoms. The number of hydrogen-bond acceptors (Lipinski definition) is 5. The topological polar surface area (TPSA) is 50.1 Å². The molecule has 1 fully saturated rings. The number of fused-ring (bicyclic) bond motifs is 1. The Hall–Kier alpha value is -2.09. The fraction of sp³-hybridized carbons (Fsp3) is 0.261. The van der Waals surface area contributed by atoms with Crippen molar-refractivity contribution in [2.75, 3.05) is 31.1 Å². The van der Waals surface area contributed by atoms with Gasteiger partial charge in [-0.15, -0.1) is 24.8 Å². The van der Waals surface area contributed by atoms with Crippen LogP contribution in [0.2, 0.25) is 10.0 Å². The van der Waals surface area contributed by atoms with Crippen molar-refractivity contribution >= 4 is 64.9 Å². The Morgan fingerprint density at radius 1 is 0.848 bits per heavy atom. The maximum absolute atomic E-state index is 6.35. The molecule has 0 atom stereocenters. The smallest absolute Gasteiger partial charge is 0.163 e. The number of rotatable bonds is 5. The Labute approximate surface area is 215 Å². The minimum Gasteiger partial charge on any atom is -0.353 e. The van der Waals surface area contributed by atoms with Crippen LogP contribution in [-0.2, 0) is 13.1 Å². The predicted molar refractivity (Wildman–Crippen MR) is 139 cm³/mol. The summed E-state index contributed by atoms with van der Waals surface area (Å²) in [6.45, 7) is 5.15.